The Bertz CT molecular complexity index is 1230. The smallest absolute Gasteiger partial charge is 0.238 e. The Morgan fingerprint density at radius 2 is 1.58 bits per heavy atom. The molecule has 0 unspecified atom stereocenters. The van der Waals surface area contributed by atoms with Gasteiger partial charge < -0.3 is 54.7 Å². The molecule has 0 saturated carbocycles. The molecule has 8 N–H and O–H groups in total. The molecule has 12 nitrogen and oxygen atoms in total. The molecule has 176 valence electrons. The van der Waals surface area contributed by atoms with Gasteiger partial charge in [-0.25, -0.2) is 0 Å². The van der Waals surface area contributed by atoms with Crippen LogP contribution in [0, 0.1) is 0 Å². The van der Waals surface area contributed by atoms with Crippen molar-refractivity contribution < 1.29 is 54.7 Å². The predicted molar refractivity (Wildman–Crippen MR) is 109 cm³/mol. The third kappa shape index (κ3) is 3.79. The lowest BCUT2D eigenvalue weighted by atomic mass is 9.99. The fourth-order valence-corrected chi connectivity index (χ4v) is 3.49. The lowest BCUT2D eigenvalue weighted by molar-refractivity contribution is -0.277. The summed E-state index contributed by atoms with van der Waals surface area (Å²) in [4.78, 5) is 12.7. The SMILES string of the molecule is O=c1c(O)c(-c2ccc(O)cc2)oc2c(O)c(O[C@H]3O[C@H](CO)[C@@H](O)[C@H](O)[C@H]3O)cc(O)c12. The molecular weight excluding hydrogens is 444 g/mol. The standard InChI is InChI=1S/C21H20O12/c22-6-11-13(25)16(28)18(30)21(32-11)31-10-5-9(24)12-15(27)17(29)19(33-20(12)14(10)26)7-1-3-8(23)4-2-7/h1-5,11,13,16,18,21-26,28-30H,6H2/t11-,13-,16+,18-,21+/m1/s1. The molecule has 4 rings (SSSR count). The number of fused-ring (bicyclic) bond motifs is 1. The van der Waals surface area contributed by atoms with Crippen molar-refractivity contribution in [1.82, 2.24) is 0 Å². The number of benzene rings is 2. The van der Waals surface area contributed by atoms with E-state index in [0.29, 0.717) is 0 Å². The van der Waals surface area contributed by atoms with Crippen LogP contribution in [-0.4, -0.2) is 78.2 Å². The number of phenols is 3. The minimum atomic E-state index is -1.81. The van der Waals surface area contributed by atoms with Gasteiger partial charge in [-0.3, -0.25) is 4.79 Å². The monoisotopic (exact) mass is 464 g/mol. The molecule has 2 heterocycles. The van der Waals surface area contributed by atoms with Crippen LogP contribution in [0.25, 0.3) is 22.3 Å². The number of hydrogen-bond donors (Lipinski definition) is 8. The molecule has 0 aliphatic carbocycles. The van der Waals surface area contributed by atoms with Crippen LogP contribution in [-0.2, 0) is 4.74 Å². The van der Waals surface area contributed by atoms with E-state index in [1.54, 1.807) is 0 Å². The van der Waals surface area contributed by atoms with E-state index in [1.165, 1.54) is 24.3 Å². The molecule has 0 radical (unpaired) electrons. The topological polar surface area (TPSA) is 211 Å². The molecule has 3 aromatic rings. The first kappa shape index (κ1) is 22.6. The molecule has 5 atom stereocenters. The van der Waals surface area contributed by atoms with Crippen LogP contribution in [0.3, 0.4) is 0 Å². The van der Waals surface area contributed by atoms with Gasteiger partial charge in [0.25, 0.3) is 0 Å². The van der Waals surface area contributed by atoms with Gasteiger partial charge in [0.05, 0.1) is 6.61 Å². The number of aliphatic hydroxyl groups is 4. The van der Waals surface area contributed by atoms with Gasteiger partial charge in [0.1, 0.15) is 41.3 Å². The van der Waals surface area contributed by atoms with Crippen molar-refractivity contribution in [2.75, 3.05) is 6.61 Å². The predicted octanol–water partition coefficient (Wildman–Crippen LogP) is -0.539. The van der Waals surface area contributed by atoms with Gasteiger partial charge in [0, 0.05) is 11.6 Å². The van der Waals surface area contributed by atoms with Crippen LogP contribution in [0.4, 0.5) is 0 Å². The van der Waals surface area contributed by atoms with Crippen molar-refractivity contribution in [2.24, 2.45) is 0 Å². The first-order valence-electron chi connectivity index (χ1n) is 9.65. The highest BCUT2D eigenvalue weighted by Gasteiger charge is 2.45. The minimum absolute atomic E-state index is 0.0860. The number of rotatable bonds is 4. The number of hydrogen-bond acceptors (Lipinski definition) is 12. The Morgan fingerprint density at radius 1 is 0.909 bits per heavy atom. The number of aromatic hydroxyl groups is 4. The average molecular weight is 464 g/mol. The van der Waals surface area contributed by atoms with E-state index < -0.39 is 76.7 Å². The van der Waals surface area contributed by atoms with E-state index in [1.807, 2.05) is 0 Å². The zero-order valence-corrected chi connectivity index (χ0v) is 16.7. The second-order valence-corrected chi connectivity index (χ2v) is 7.42. The van der Waals surface area contributed by atoms with Crippen molar-refractivity contribution in [3.05, 3.63) is 40.6 Å². The number of aliphatic hydroxyl groups excluding tert-OH is 4. The molecule has 1 fully saturated rings. The first-order valence-corrected chi connectivity index (χ1v) is 9.65. The van der Waals surface area contributed by atoms with E-state index in [4.69, 9.17) is 13.9 Å². The van der Waals surface area contributed by atoms with E-state index >= 15 is 0 Å². The lowest BCUT2D eigenvalue weighted by Crippen LogP contribution is -2.60. The molecule has 0 spiro atoms. The Labute approximate surface area is 184 Å². The van der Waals surface area contributed by atoms with E-state index in [-0.39, 0.29) is 17.1 Å². The minimum Gasteiger partial charge on any atom is -0.508 e. The maximum absolute atomic E-state index is 12.7. The normalized spacial score (nSPS) is 25.3. The second kappa shape index (κ2) is 8.42. The zero-order chi connectivity index (χ0) is 24.0. The van der Waals surface area contributed by atoms with Crippen molar-refractivity contribution >= 4 is 11.0 Å². The summed E-state index contributed by atoms with van der Waals surface area (Å²) in [6.07, 6.45) is -8.19. The molecule has 0 bridgehead atoms. The largest absolute Gasteiger partial charge is 0.508 e. The van der Waals surface area contributed by atoms with Crippen molar-refractivity contribution in [2.45, 2.75) is 30.7 Å². The van der Waals surface area contributed by atoms with Crippen LogP contribution in [0.1, 0.15) is 0 Å². The van der Waals surface area contributed by atoms with Crippen LogP contribution >= 0.6 is 0 Å². The van der Waals surface area contributed by atoms with Crippen molar-refractivity contribution in [1.29, 1.82) is 0 Å². The summed E-state index contributed by atoms with van der Waals surface area (Å²) in [5.74, 6) is -3.40. The molecular formula is C21H20O12. The summed E-state index contributed by atoms with van der Waals surface area (Å²) >= 11 is 0. The van der Waals surface area contributed by atoms with Crippen molar-refractivity contribution in [3.63, 3.8) is 0 Å². The molecule has 12 heteroatoms. The van der Waals surface area contributed by atoms with Gasteiger partial charge in [-0.2, -0.15) is 0 Å². The maximum Gasteiger partial charge on any atom is 0.238 e. The molecule has 1 aliphatic rings. The van der Waals surface area contributed by atoms with Gasteiger partial charge in [-0.15, -0.1) is 0 Å². The van der Waals surface area contributed by atoms with Crippen molar-refractivity contribution in [3.8, 4) is 40.1 Å². The zero-order valence-electron chi connectivity index (χ0n) is 16.7. The molecule has 1 aliphatic heterocycles. The first-order chi connectivity index (χ1) is 15.6. The van der Waals surface area contributed by atoms with Crippen LogP contribution in [0.15, 0.2) is 39.5 Å². The van der Waals surface area contributed by atoms with Crippen LogP contribution in [0.2, 0.25) is 0 Å². The third-order valence-corrected chi connectivity index (χ3v) is 5.28. The third-order valence-electron chi connectivity index (χ3n) is 5.28. The summed E-state index contributed by atoms with van der Waals surface area (Å²) in [5, 5.41) is 79.4. The maximum atomic E-state index is 12.7. The Hall–Kier alpha value is -3.55. The van der Waals surface area contributed by atoms with E-state index in [2.05, 4.69) is 0 Å². The van der Waals surface area contributed by atoms with Crippen LogP contribution < -0.4 is 10.2 Å². The fraction of sp³-hybridized carbons (Fsp3) is 0.286. The van der Waals surface area contributed by atoms with E-state index in [9.17, 15) is 45.6 Å². The highest BCUT2D eigenvalue weighted by Crippen LogP contribution is 2.43. The highest BCUT2D eigenvalue weighted by molar-refractivity contribution is 5.93. The van der Waals surface area contributed by atoms with Gasteiger partial charge in [-0.05, 0) is 24.3 Å². The lowest BCUT2D eigenvalue weighted by Gasteiger charge is -2.39. The number of phenolic OH excluding ortho intramolecular Hbond substituents is 3. The molecule has 1 saturated heterocycles. The summed E-state index contributed by atoms with van der Waals surface area (Å²) in [6.45, 7) is -0.718. The van der Waals surface area contributed by atoms with Gasteiger partial charge in [0.2, 0.25) is 23.2 Å². The number of ether oxygens (including phenoxy) is 2. The van der Waals surface area contributed by atoms with Gasteiger partial charge in [0.15, 0.2) is 17.1 Å². The second-order valence-electron chi connectivity index (χ2n) is 7.42. The summed E-state index contributed by atoms with van der Waals surface area (Å²) in [5.41, 5.74) is -1.46. The summed E-state index contributed by atoms with van der Waals surface area (Å²) < 4.78 is 16.0. The summed E-state index contributed by atoms with van der Waals surface area (Å²) in [7, 11) is 0. The highest BCUT2D eigenvalue weighted by atomic mass is 16.7. The molecule has 1 aromatic heterocycles. The molecule has 33 heavy (non-hydrogen) atoms. The van der Waals surface area contributed by atoms with Gasteiger partial charge in [-0.1, -0.05) is 0 Å². The Morgan fingerprint density at radius 3 is 2.21 bits per heavy atom. The Balaban J connectivity index is 1.81. The van der Waals surface area contributed by atoms with E-state index in [0.717, 1.165) is 6.07 Å². The average Bonchev–Trinajstić information content (AvgIpc) is 2.79. The van der Waals surface area contributed by atoms with Crippen LogP contribution in [0.5, 0.6) is 28.7 Å². The Kier molecular flexibility index (Phi) is 5.78. The quantitative estimate of drug-likeness (QED) is 0.229. The fourth-order valence-electron chi connectivity index (χ4n) is 3.49. The summed E-state index contributed by atoms with van der Waals surface area (Å²) in [6, 6.07) is 6.02. The molecule has 0 amide bonds. The molecule has 2 aromatic carbocycles. The van der Waals surface area contributed by atoms with Gasteiger partial charge >= 0.3 is 0 Å².